The van der Waals surface area contributed by atoms with Crippen LogP contribution < -0.4 is 10.3 Å². The van der Waals surface area contributed by atoms with E-state index in [9.17, 15) is 4.79 Å². The van der Waals surface area contributed by atoms with Gasteiger partial charge in [-0.25, -0.2) is 0 Å². The summed E-state index contributed by atoms with van der Waals surface area (Å²) in [7, 11) is 0. The lowest BCUT2D eigenvalue weighted by Gasteiger charge is -2.35. The van der Waals surface area contributed by atoms with E-state index in [1.54, 1.807) is 6.07 Å². The van der Waals surface area contributed by atoms with Crippen LogP contribution in [0, 0.1) is 6.92 Å². The SMILES string of the molecule is Cc1ccc2oc(N3C[C@@H](C)O[C@@H](C)C3)cc(=O)c2c1. The lowest BCUT2D eigenvalue weighted by molar-refractivity contribution is -0.00638. The van der Waals surface area contributed by atoms with E-state index >= 15 is 0 Å². The predicted molar refractivity (Wildman–Crippen MR) is 79.4 cm³/mol. The molecule has 2 heterocycles. The quantitative estimate of drug-likeness (QED) is 0.801. The molecular weight excluding hydrogens is 254 g/mol. The Hall–Kier alpha value is -1.81. The highest BCUT2D eigenvalue weighted by molar-refractivity contribution is 5.78. The number of aryl methyl sites for hydroxylation is 1. The van der Waals surface area contributed by atoms with Gasteiger partial charge in [0.15, 0.2) is 11.3 Å². The first kappa shape index (κ1) is 13.2. The number of anilines is 1. The molecule has 2 aromatic rings. The fourth-order valence-corrected chi connectivity index (χ4v) is 2.77. The van der Waals surface area contributed by atoms with Gasteiger partial charge in [0, 0.05) is 19.2 Å². The van der Waals surface area contributed by atoms with Gasteiger partial charge in [0.2, 0.25) is 0 Å². The molecule has 0 N–H and O–H groups in total. The van der Waals surface area contributed by atoms with Crippen molar-refractivity contribution in [3.05, 3.63) is 40.1 Å². The van der Waals surface area contributed by atoms with Crippen molar-refractivity contribution in [1.29, 1.82) is 0 Å². The first-order chi connectivity index (χ1) is 9.52. The molecule has 3 rings (SSSR count). The molecule has 1 aliphatic rings. The van der Waals surface area contributed by atoms with Crippen LogP contribution >= 0.6 is 0 Å². The molecule has 1 aromatic heterocycles. The van der Waals surface area contributed by atoms with Crippen LogP contribution in [0.1, 0.15) is 19.4 Å². The lowest BCUT2D eigenvalue weighted by Crippen LogP contribution is -2.45. The second kappa shape index (κ2) is 4.94. The molecule has 1 aromatic carbocycles. The summed E-state index contributed by atoms with van der Waals surface area (Å²) in [4.78, 5) is 14.3. The predicted octanol–water partition coefficient (Wildman–Crippen LogP) is 2.72. The van der Waals surface area contributed by atoms with Gasteiger partial charge in [-0.3, -0.25) is 4.79 Å². The Morgan fingerprint density at radius 1 is 1.15 bits per heavy atom. The van der Waals surface area contributed by atoms with Crippen LogP contribution in [-0.4, -0.2) is 25.3 Å². The Bertz CT molecular complexity index is 682. The summed E-state index contributed by atoms with van der Waals surface area (Å²) in [6.45, 7) is 7.52. The maximum atomic E-state index is 12.2. The molecule has 0 bridgehead atoms. The summed E-state index contributed by atoms with van der Waals surface area (Å²) in [5.41, 5.74) is 1.72. The molecular formula is C16H19NO3. The van der Waals surface area contributed by atoms with Gasteiger partial charge in [-0.2, -0.15) is 0 Å². The van der Waals surface area contributed by atoms with Crippen molar-refractivity contribution in [3.8, 4) is 0 Å². The zero-order valence-corrected chi connectivity index (χ0v) is 12.1. The summed E-state index contributed by atoms with van der Waals surface area (Å²) in [6, 6.07) is 7.28. The first-order valence-corrected chi connectivity index (χ1v) is 6.98. The second-order valence-electron chi connectivity index (χ2n) is 5.61. The maximum absolute atomic E-state index is 12.2. The highest BCUT2D eigenvalue weighted by atomic mass is 16.5. The Kier molecular flexibility index (Phi) is 3.26. The normalized spacial score (nSPS) is 23.2. The average Bonchev–Trinajstić information content (AvgIpc) is 2.38. The minimum absolute atomic E-state index is 0.0109. The van der Waals surface area contributed by atoms with Gasteiger partial charge in [-0.15, -0.1) is 0 Å². The van der Waals surface area contributed by atoms with E-state index in [4.69, 9.17) is 9.15 Å². The third-order valence-corrected chi connectivity index (χ3v) is 3.60. The molecule has 1 saturated heterocycles. The zero-order valence-electron chi connectivity index (χ0n) is 12.1. The Labute approximate surface area is 118 Å². The molecule has 0 spiro atoms. The minimum atomic E-state index is 0.0109. The number of nitrogens with zero attached hydrogens (tertiary/aromatic N) is 1. The fraction of sp³-hybridized carbons (Fsp3) is 0.438. The van der Waals surface area contributed by atoms with Crippen molar-refractivity contribution < 1.29 is 9.15 Å². The van der Waals surface area contributed by atoms with Gasteiger partial charge in [0.05, 0.1) is 17.6 Å². The van der Waals surface area contributed by atoms with Gasteiger partial charge in [0.1, 0.15) is 5.58 Å². The standard InChI is InChI=1S/C16H19NO3/c1-10-4-5-15-13(6-10)14(18)7-16(20-15)17-8-11(2)19-12(3)9-17/h4-7,11-12H,8-9H2,1-3H3/t11-,12+. The molecule has 2 atom stereocenters. The van der Waals surface area contributed by atoms with Crippen molar-refractivity contribution in [2.45, 2.75) is 33.0 Å². The van der Waals surface area contributed by atoms with Gasteiger partial charge >= 0.3 is 0 Å². The van der Waals surface area contributed by atoms with E-state index in [0.717, 1.165) is 18.7 Å². The monoisotopic (exact) mass is 273 g/mol. The number of rotatable bonds is 1. The molecule has 0 amide bonds. The molecule has 0 aliphatic carbocycles. The van der Waals surface area contributed by atoms with Gasteiger partial charge in [0.25, 0.3) is 0 Å². The van der Waals surface area contributed by atoms with Crippen molar-refractivity contribution in [2.75, 3.05) is 18.0 Å². The lowest BCUT2D eigenvalue weighted by atomic mass is 10.1. The highest BCUT2D eigenvalue weighted by Crippen LogP contribution is 2.23. The number of hydrogen-bond donors (Lipinski definition) is 0. The van der Waals surface area contributed by atoms with Crippen molar-refractivity contribution in [3.63, 3.8) is 0 Å². The first-order valence-electron chi connectivity index (χ1n) is 6.98. The van der Waals surface area contributed by atoms with E-state index in [1.807, 2.05) is 39.0 Å². The molecule has 0 radical (unpaired) electrons. The second-order valence-corrected chi connectivity index (χ2v) is 5.61. The molecule has 1 aliphatic heterocycles. The molecule has 4 heteroatoms. The summed E-state index contributed by atoms with van der Waals surface area (Å²) in [5.74, 6) is 0.633. The summed E-state index contributed by atoms with van der Waals surface area (Å²) < 4.78 is 11.6. The minimum Gasteiger partial charge on any atom is -0.440 e. The topological polar surface area (TPSA) is 42.7 Å². The average molecular weight is 273 g/mol. The largest absolute Gasteiger partial charge is 0.440 e. The van der Waals surface area contributed by atoms with Crippen LogP contribution in [0.15, 0.2) is 33.5 Å². The number of hydrogen-bond acceptors (Lipinski definition) is 4. The Morgan fingerprint density at radius 2 is 1.85 bits per heavy atom. The molecule has 1 fully saturated rings. The number of benzene rings is 1. The van der Waals surface area contributed by atoms with Crippen molar-refractivity contribution >= 4 is 16.9 Å². The Morgan fingerprint density at radius 3 is 2.55 bits per heavy atom. The zero-order chi connectivity index (χ0) is 14.3. The number of ether oxygens (including phenoxy) is 1. The van der Waals surface area contributed by atoms with Gasteiger partial charge in [-0.1, -0.05) is 11.6 Å². The van der Waals surface area contributed by atoms with Crippen LogP contribution in [-0.2, 0) is 4.74 Å². The molecule has 4 nitrogen and oxygen atoms in total. The summed E-state index contributed by atoms with van der Waals surface area (Å²) in [5, 5.41) is 0.642. The molecule has 0 saturated carbocycles. The van der Waals surface area contributed by atoms with E-state index in [-0.39, 0.29) is 17.6 Å². The third-order valence-electron chi connectivity index (χ3n) is 3.60. The third kappa shape index (κ3) is 2.43. The molecule has 106 valence electrons. The molecule has 0 unspecified atom stereocenters. The van der Waals surface area contributed by atoms with Crippen LogP contribution in [0.2, 0.25) is 0 Å². The van der Waals surface area contributed by atoms with Crippen molar-refractivity contribution in [1.82, 2.24) is 0 Å². The van der Waals surface area contributed by atoms with Gasteiger partial charge in [-0.05, 0) is 32.9 Å². The van der Waals surface area contributed by atoms with Crippen LogP contribution in [0.25, 0.3) is 11.0 Å². The Balaban J connectivity index is 2.04. The number of morpholine rings is 1. The van der Waals surface area contributed by atoms with E-state index in [0.29, 0.717) is 16.9 Å². The van der Waals surface area contributed by atoms with E-state index < -0.39 is 0 Å². The van der Waals surface area contributed by atoms with E-state index in [1.165, 1.54) is 0 Å². The van der Waals surface area contributed by atoms with Gasteiger partial charge < -0.3 is 14.1 Å². The van der Waals surface area contributed by atoms with Crippen LogP contribution in [0.5, 0.6) is 0 Å². The van der Waals surface area contributed by atoms with Crippen LogP contribution in [0.4, 0.5) is 5.88 Å². The molecule has 20 heavy (non-hydrogen) atoms. The highest BCUT2D eigenvalue weighted by Gasteiger charge is 2.24. The maximum Gasteiger partial charge on any atom is 0.200 e. The van der Waals surface area contributed by atoms with Crippen molar-refractivity contribution in [2.24, 2.45) is 0 Å². The van der Waals surface area contributed by atoms with Crippen LogP contribution in [0.3, 0.4) is 0 Å². The fourth-order valence-electron chi connectivity index (χ4n) is 2.77. The summed E-state index contributed by atoms with van der Waals surface area (Å²) in [6.07, 6.45) is 0.274. The van der Waals surface area contributed by atoms with E-state index in [2.05, 4.69) is 4.90 Å². The summed E-state index contributed by atoms with van der Waals surface area (Å²) >= 11 is 0. The number of fused-ring (bicyclic) bond motifs is 1. The smallest absolute Gasteiger partial charge is 0.200 e.